The Kier molecular flexibility index (Phi) is 2.65. The summed E-state index contributed by atoms with van der Waals surface area (Å²) in [5.41, 5.74) is 0. The maximum atomic E-state index is 11.2. The highest BCUT2D eigenvalue weighted by Crippen LogP contribution is 2.27. The van der Waals surface area contributed by atoms with E-state index in [4.69, 9.17) is 0 Å². The van der Waals surface area contributed by atoms with Gasteiger partial charge in [-0.15, -0.1) is 0 Å². The lowest BCUT2D eigenvalue weighted by Crippen LogP contribution is -2.23. The second kappa shape index (κ2) is 3.34. The van der Waals surface area contributed by atoms with Crippen molar-refractivity contribution in [3.8, 4) is 0 Å². The van der Waals surface area contributed by atoms with Crippen molar-refractivity contribution in [2.75, 3.05) is 7.11 Å². The second-order valence-corrected chi connectivity index (χ2v) is 3.63. The number of Topliss-reactive ketones (excluding diaryl/α,β-unsaturated/α-hetero) is 1. The topological polar surface area (TPSA) is 43.4 Å². The third-order valence-corrected chi connectivity index (χ3v) is 2.76. The fraction of sp³-hybridized carbons (Fsp3) is 0.714. The first-order valence-electron chi connectivity index (χ1n) is 3.42. The Morgan fingerprint density at radius 1 is 1.64 bits per heavy atom. The molecule has 1 saturated carbocycles. The summed E-state index contributed by atoms with van der Waals surface area (Å²) < 4.78 is 4.47. The Morgan fingerprint density at radius 3 is 2.64 bits per heavy atom. The first-order chi connectivity index (χ1) is 5.16. The molecule has 0 aromatic rings. The Labute approximate surface area is 73.2 Å². The standard InChI is InChI=1S/C7H9BrO3/c1-11-7(10)4-2-3-5(8)6(4)9/h4-5H,2-3H2,1H3. The van der Waals surface area contributed by atoms with E-state index in [1.54, 1.807) is 0 Å². The molecule has 0 N–H and O–H groups in total. The van der Waals surface area contributed by atoms with Crippen LogP contribution >= 0.6 is 15.9 Å². The molecule has 2 unspecified atom stereocenters. The van der Waals surface area contributed by atoms with Crippen LogP contribution in [0.3, 0.4) is 0 Å². The van der Waals surface area contributed by atoms with Gasteiger partial charge in [-0.3, -0.25) is 9.59 Å². The van der Waals surface area contributed by atoms with Gasteiger partial charge in [0.2, 0.25) is 0 Å². The second-order valence-electron chi connectivity index (χ2n) is 2.52. The van der Waals surface area contributed by atoms with Gasteiger partial charge >= 0.3 is 5.97 Å². The normalized spacial score (nSPS) is 30.5. The number of ketones is 1. The lowest BCUT2D eigenvalue weighted by Gasteiger charge is -2.03. The summed E-state index contributed by atoms with van der Waals surface area (Å²) in [6, 6.07) is 0. The number of hydrogen-bond donors (Lipinski definition) is 0. The van der Waals surface area contributed by atoms with Crippen molar-refractivity contribution < 1.29 is 14.3 Å². The summed E-state index contributed by atoms with van der Waals surface area (Å²) in [7, 11) is 1.30. The van der Waals surface area contributed by atoms with E-state index in [1.807, 2.05) is 0 Å². The minimum absolute atomic E-state index is 0.0446. The highest BCUT2D eigenvalue weighted by Gasteiger charge is 2.37. The minimum atomic E-state index is -0.524. The average Bonchev–Trinajstić information content (AvgIpc) is 2.32. The molecule has 0 radical (unpaired) electrons. The summed E-state index contributed by atoms with van der Waals surface area (Å²) in [4.78, 5) is 21.9. The lowest BCUT2D eigenvalue weighted by atomic mass is 10.1. The van der Waals surface area contributed by atoms with Crippen molar-refractivity contribution in [1.29, 1.82) is 0 Å². The number of alkyl halides is 1. The average molecular weight is 221 g/mol. The number of carbonyl (C=O) groups excluding carboxylic acids is 2. The fourth-order valence-corrected chi connectivity index (χ4v) is 1.78. The van der Waals surface area contributed by atoms with E-state index in [-0.39, 0.29) is 10.6 Å². The molecule has 1 rings (SSSR count). The van der Waals surface area contributed by atoms with E-state index in [1.165, 1.54) is 7.11 Å². The molecule has 0 amide bonds. The van der Waals surface area contributed by atoms with Crippen molar-refractivity contribution >= 4 is 27.7 Å². The monoisotopic (exact) mass is 220 g/mol. The number of carbonyl (C=O) groups is 2. The first-order valence-corrected chi connectivity index (χ1v) is 4.34. The number of hydrogen-bond acceptors (Lipinski definition) is 3. The van der Waals surface area contributed by atoms with Crippen LogP contribution in [0.1, 0.15) is 12.8 Å². The molecule has 0 aromatic heterocycles. The summed E-state index contributed by atoms with van der Waals surface area (Å²) in [6.07, 6.45) is 1.35. The van der Waals surface area contributed by atoms with Crippen molar-refractivity contribution in [1.82, 2.24) is 0 Å². The molecule has 1 fully saturated rings. The Morgan fingerprint density at radius 2 is 2.27 bits per heavy atom. The van der Waals surface area contributed by atoms with Crippen LogP contribution in [0.4, 0.5) is 0 Å². The van der Waals surface area contributed by atoms with Crippen LogP contribution in [0.15, 0.2) is 0 Å². The molecule has 0 spiro atoms. The number of rotatable bonds is 1. The molecule has 2 atom stereocenters. The maximum absolute atomic E-state index is 11.2. The third-order valence-electron chi connectivity index (χ3n) is 1.85. The van der Waals surface area contributed by atoms with E-state index < -0.39 is 11.9 Å². The van der Waals surface area contributed by atoms with Gasteiger partial charge in [0.05, 0.1) is 11.9 Å². The van der Waals surface area contributed by atoms with Gasteiger partial charge in [0, 0.05) is 0 Å². The SMILES string of the molecule is COC(=O)C1CCC(Br)C1=O. The molecular formula is C7H9BrO3. The molecule has 0 saturated heterocycles. The zero-order chi connectivity index (χ0) is 8.43. The Bertz CT molecular complexity index is 190. The molecule has 11 heavy (non-hydrogen) atoms. The number of ether oxygens (including phenoxy) is 1. The largest absolute Gasteiger partial charge is 0.468 e. The zero-order valence-corrected chi connectivity index (χ0v) is 7.76. The van der Waals surface area contributed by atoms with Crippen molar-refractivity contribution in [2.45, 2.75) is 17.7 Å². The molecule has 1 aliphatic rings. The van der Waals surface area contributed by atoms with Crippen LogP contribution in [0.2, 0.25) is 0 Å². The molecule has 0 heterocycles. The maximum Gasteiger partial charge on any atom is 0.316 e. The van der Waals surface area contributed by atoms with Crippen LogP contribution in [0.5, 0.6) is 0 Å². The zero-order valence-electron chi connectivity index (χ0n) is 6.17. The van der Waals surface area contributed by atoms with Gasteiger partial charge in [0.1, 0.15) is 5.92 Å². The summed E-state index contributed by atoms with van der Waals surface area (Å²) in [5, 5.41) is 0. The van der Waals surface area contributed by atoms with Crippen molar-refractivity contribution in [3.63, 3.8) is 0 Å². The molecule has 3 nitrogen and oxygen atoms in total. The third kappa shape index (κ3) is 1.61. The van der Waals surface area contributed by atoms with Crippen LogP contribution in [0, 0.1) is 5.92 Å². The van der Waals surface area contributed by atoms with Gasteiger partial charge in [-0.2, -0.15) is 0 Å². The highest BCUT2D eigenvalue weighted by atomic mass is 79.9. The van der Waals surface area contributed by atoms with Crippen LogP contribution in [0.25, 0.3) is 0 Å². The number of methoxy groups -OCH3 is 1. The van der Waals surface area contributed by atoms with Gasteiger partial charge in [0.15, 0.2) is 5.78 Å². The molecule has 62 valence electrons. The van der Waals surface area contributed by atoms with Gasteiger partial charge in [-0.05, 0) is 12.8 Å². The lowest BCUT2D eigenvalue weighted by molar-refractivity contribution is -0.148. The van der Waals surface area contributed by atoms with E-state index in [0.29, 0.717) is 6.42 Å². The van der Waals surface area contributed by atoms with E-state index >= 15 is 0 Å². The van der Waals surface area contributed by atoms with Crippen molar-refractivity contribution in [2.24, 2.45) is 5.92 Å². The fourth-order valence-electron chi connectivity index (χ4n) is 1.19. The molecule has 0 bridgehead atoms. The Balaban J connectivity index is 2.62. The highest BCUT2D eigenvalue weighted by molar-refractivity contribution is 9.10. The quantitative estimate of drug-likeness (QED) is 0.375. The van der Waals surface area contributed by atoms with E-state index in [2.05, 4.69) is 20.7 Å². The minimum Gasteiger partial charge on any atom is -0.468 e. The summed E-state index contributed by atoms with van der Waals surface area (Å²) >= 11 is 3.18. The number of halogens is 1. The van der Waals surface area contributed by atoms with E-state index in [9.17, 15) is 9.59 Å². The van der Waals surface area contributed by atoms with Gasteiger partial charge in [-0.25, -0.2) is 0 Å². The van der Waals surface area contributed by atoms with Gasteiger partial charge < -0.3 is 4.74 Å². The Hall–Kier alpha value is -0.380. The summed E-state index contributed by atoms with van der Waals surface area (Å²) in [6.45, 7) is 0. The molecule has 4 heteroatoms. The number of esters is 1. The van der Waals surface area contributed by atoms with Crippen LogP contribution < -0.4 is 0 Å². The summed E-state index contributed by atoms with van der Waals surface area (Å²) in [5.74, 6) is -0.974. The van der Waals surface area contributed by atoms with Crippen molar-refractivity contribution in [3.05, 3.63) is 0 Å². The molecular weight excluding hydrogens is 212 g/mol. The molecule has 0 aromatic carbocycles. The van der Waals surface area contributed by atoms with Crippen LogP contribution in [-0.4, -0.2) is 23.7 Å². The predicted octanol–water partition coefficient (Wildman–Crippen LogP) is 0.902. The smallest absolute Gasteiger partial charge is 0.316 e. The van der Waals surface area contributed by atoms with Gasteiger partial charge in [0.25, 0.3) is 0 Å². The molecule has 1 aliphatic carbocycles. The first kappa shape index (κ1) is 8.71. The van der Waals surface area contributed by atoms with Gasteiger partial charge in [-0.1, -0.05) is 15.9 Å². The molecule has 0 aliphatic heterocycles. The predicted molar refractivity (Wildman–Crippen MR) is 42.5 cm³/mol. The van der Waals surface area contributed by atoms with Crippen LogP contribution in [-0.2, 0) is 14.3 Å². The van der Waals surface area contributed by atoms with E-state index in [0.717, 1.165) is 6.42 Å².